The summed E-state index contributed by atoms with van der Waals surface area (Å²) in [5.74, 6) is 1.66. The summed E-state index contributed by atoms with van der Waals surface area (Å²) in [5.41, 5.74) is 5.07. The van der Waals surface area contributed by atoms with Crippen LogP contribution in [0, 0.1) is 20.8 Å². The predicted molar refractivity (Wildman–Crippen MR) is 113 cm³/mol. The Kier molecular flexibility index (Phi) is 5.89. The number of methoxy groups -OCH3 is 1. The Balaban J connectivity index is 1.81. The van der Waals surface area contributed by atoms with E-state index in [0.29, 0.717) is 5.16 Å². The quantitative estimate of drug-likeness (QED) is 0.444. The molecule has 0 amide bonds. The average molecular weight is 396 g/mol. The molecule has 0 aliphatic heterocycles. The minimum atomic E-state index is -0.257. The van der Waals surface area contributed by atoms with Crippen LogP contribution in [0.4, 0.5) is 0 Å². The molecule has 3 rings (SSSR count). The summed E-state index contributed by atoms with van der Waals surface area (Å²) in [6.45, 7) is 8.01. The summed E-state index contributed by atoms with van der Waals surface area (Å²) in [5, 5.41) is 9.07. The standard InChI is InChI=1S/C22H25N3O2S/c1-13-11-15(3)19(12-14(13)2)20(26)16(4)28-22-24-23-21(25(22)5)17-7-9-18(27-6)10-8-17/h7-12,16H,1-6H3/t16-/m0/s1. The molecule has 6 heteroatoms. The fraction of sp³-hybridized carbons (Fsp3) is 0.318. The Bertz CT molecular complexity index is 1010. The number of nitrogens with zero attached hydrogens (tertiary/aromatic N) is 3. The van der Waals surface area contributed by atoms with Crippen LogP contribution in [-0.4, -0.2) is 32.9 Å². The number of aryl methyl sites for hydroxylation is 3. The number of rotatable bonds is 6. The fourth-order valence-electron chi connectivity index (χ4n) is 3.07. The van der Waals surface area contributed by atoms with Crippen molar-refractivity contribution in [1.29, 1.82) is 0 Å². The molecule has 2 aromatic carbocycles. The monoisotopic (exact) mass is 395 g/mol. The molecule has 0 aliphatic carbocycles. The first-order valence-electron chi connectivity index (χ1n) is 9.14. The molecule has 0 N–H and O–H groups in total. The molecule has 28 heavy (non-hydrogen) atoms. The van der Waals surface area contributed by atoms with Gasteiger partial charge in [0.05, 0.1) is 12.4 Å². The molecule has 0 fully saturated rings. The number of carbonyl (C=O) groups excluding carboxylic acids is 1. The van der Waals surface area contributed by atoms with Crippen LogP contribution in [0.1, 0.15) is 34.0 Å². The van der Waals surface area contributed by atoms with E-state index in [4.69, 9.17) is 4.74 Å². The van der Waals surface area contributed by atoms with Gasteiger partial charge in [-0.1, -0.05) is 17.8 Å². The van der Waals surface area contributed by atoms with E-state index in [9.17, 15) is 4.79 Å². The molecule has 0 saturated heterocycles. The molecule has 5 nitrogen and oxygen atoms in total. The third-order valence-electron chi connectivity index (χ3n) is 4.94. The highest BCUT2D eigenvalue weighted by Gasteiger charge is 2.22. The lowest BCUT2D eigenvalue weighted by molar-refractivity contribution is 0.0993. The molecule has 0 spiro atoms. The van der Waals surface area contributed by atoms with Gasteiger partial charge in [-0.3, -0.25) is 4.79 Å². The maximum atomic E-state index is 13.0. The van der Waals surface area contributed by atoms with Crippen molar-refractivity contribution in [3.05, 3.63) is 58.7 Å². The fourth-order valence-corrected chi connectivity index (χ4v) is 3.95. The van der Waals surface area contributed by atoms with E-state index in [1.807, 2.05) is 62.7 Å². The van der Waals surface area contributed by atoms with Crippen LogP contribution in [0.15, 0.2) is 41.6 Å². The third kappa shape index (κ3) is 3.97. The summed E-state index contributed by atoms with van der Waals surface area (Å²) in [4.78, 5) is 13.0. The van der Waals surface area contributed by atoms with Gasteiger partial charge in [0.25, 0.3) is 0 Å². The maximum Gasteiger partial charge on any atom is 0.191 e. The van der Waals surface area contributed by atoms with Crippen LogP contribution >= 0.6 is 11.8 Å². The zero-order valence-corrected chi connectivity index (χ0v) is 17.9. The van der Waals surface area contributed by atoms with E-state index in [2.05, 4.69) is 23.2 Å². The molecule has 0 unspecified atom stereocenters. The Morgan fingerprint density at radius 2 is 1.68 bits per heavy atom. The number of aromatic nitrogens is 3. The molecule has 3 aromatic rings. The molecule has 0 aliphatic rings. The summed E-state index contributed by atoms with van der Waals surface area (Å²) in [6.07, 6.45) is 0. The number of carbonyl (C=O) groups is 1. The zero-order valence-electron chi connectivity index (χ0n) is 17.1. The normalized spacial score (nSPS) is 12.1. The highest BCUT2D eigenvalue weighted by atomic mass is 32.2. The number of hydrogen-bond donors (Lipinski definition) is 0. The number of ether oxygens (including phenoxy) is 1. The highest BCUT2D eigenvalue weighted by molar-refractivity contribution is 8.00. The van der Waals surface area contributed by atoms with Gasteiger partial charge in [-0.2, -0.15) is 0 Å². The van der Waals surface area contributed by atoms with E-state index in [1.54, 1.807) is 7.11 Å². The summed E-state index contributed by atoms with van der Waals surface area (Å²) in [7, 11) is 3.56. The molecule has 1 heterocycles. The molecule has 0 radical (unpaired) electrons. The van der Waals surface area contributed by atoms with Crippen molar-refractivity contribution in [2.45, 2.75) is 38.1 Å². The first-order valence-corrected chi connectivity index (χ1v) is 10.0. The smallest absolute Gasteiger partial charge is 0.191 e. The Morgan fingerprint density at radius 3 is 2.32 bits per heavy atom. The summed E-state index contributed by atoms with van der Waals surface area (Å²) >= 11 is 1.43. The average Bonchev–Trinajstić information content (AvgIpc) is 3.04. The number of hydrogen-bond acceptors (Lipinski definition) is 5. The maximum absolute atomic E-state index is 13.0. The minimum Gasteiger partial charge on any atom is -0.497 e. The van der Waals surface area contributed by atoms with Gasteiger partial charge in [0.2, 0.25) is 0 Å². The van der Waals surface area contributed by atoms with Crippen molar-refractivity contribution in [2.24, 2.45) is 7.05 Å². The summed E-state index contributed by atoms with van der Waals surface area (Å²) in [6, 6.07) is 11.7. The van der Waals surface area contributed by atoms with Crippen molar-refractivity contribution in [2.75, 3.05) is 7.11 Å². The van der Waals surface area contributed by atoms with Crippen LogP contribution < -0.4 is 4.74 Å². The summed E-state index contributed by atoms with van der Waals surface area (Å²) < 4.78 is 7.12. The number of Topliss-reactive ketones (excluding diaryl/α,β-unsaturated/α-hetero) is 1. The second-order valence-electron chi connectivity index (χ2n) is 6.97. The predicted octanol–water partition coefficient (Wildman–Crippen LogP) is 4.78. The van der Waals surface area contributed by atoms with Crippen molar-refractivity contribution in [1.82, 2.24) is 14.8 Å². The lowest BCUT2D eigenvalue weighted by Crippen LogP contribution is -2.16. The van der Waals surface area contributed by atoms with Crippen LogP contribution in [0.2, 0.25) is 0 Å². The number of ketones is 1. The first-order chi connectivity index (χ1) is 13.3. The van der Waals surface area contributed by atoms with Gasteiger partial charge in [-0.15, -0.1) is 10.2 Å². The molecular formula is C22H25N3O2S. The number of benzene rings is 2. The van der Waals surface area contributed by atoms with Gasteiger partial charge in [-0.25, -0.2) is 0 Å². The van der Waals surface area contributed by atoms with Gasteiger partial charge in [0, 0.05) is 18.2 Å². The van der Waals surface area contributed by atoms with E-state index >= 15 is 0 Å². The van der Waals surface area contributed by atoms with Crippen LogP contribution in [0.3, 0.4) is 0 Å². The van der Waals surface area contributed by atoms with Crippen molar-refractivity contribution < 1.29 is 9.53 Å². The molecule has 146 valence electrons. The first kappa shape index (κ1) is 20.1. The van der Waals surface area contributed by atoms with Crippen molar-refractivity contribution in [3.8, 4) is 17.1 Å². The molecular weight excluding hydrogens is 370 g/mol. The third-order valence-corrected chi connectivity index (χ3v) is 6.07. The van der Waals surface area contributed by atoms with Gasteiger partial charge >= 0.3 is 0 Å². The molecule has 0 bridgehead atoms. The minimum absolute atomic E-state index is 0.111. The van der Waals surface area contributed by atoms with Gasteiger partial charge in [-0.05, 0) is 74.7 Å². The van der Waals surface area contributed by atoms with E-state index in [-0.39, 0.29) is 11.0 Å². The number of thioether (sulfide) groups is 1. The van der Waals surface area contributed by atoms with Gasteiger partial charge in [0.15, 0.2) is 16.8 Å². The topological polar surface area (TPSA) is 57.0 Å². The molecule has 1 atom stereocenters. The highest BCUT2D eigenvalue weighted by Crippen LogP contribution is 2.29. The Hall–Kier alpha value is -2.60. The van der Waals surface area contributed by atoms with Crippen LogP contribution in [0.25, 0.3) is 11.4 Å². The second kappa shape index (κ2) is 8.19. The zero-order chi connectivity index (χ0) is 20.4. The van der Waals surface area contributed by atoms with E-state index in [1.165, 1.54) is 17.3 Å². The van der Waals surface area contributed by atoms with E-state index in [0.717, 1.165) is 33.8 Å². The second-order valence-corrected chi connectivity index (χ2v) is 8.28. The van der Waals surface area contributed by atoms with Crippen molar-refractivity contribution in [3.63, 3.8) is 0 Å². The molecule has 1 aromatic heterocycles. The lowest BCUT2D eigenvalue weighted by Gasteiger charge is -2.14. The Morgan fingerprint density at radius 1 is 1.04 bits per heavy atom. The lowest BCUT2D eigenvalue weighted by atomic mass is 9.97. The SMILES string of the molecule is COc1ccc(-c2nnc(S[C@@H](C)C(=O)c3cc(C)c(C)cc3C)n2C)cc1. The largest absolute Gasteiger partial charge is 0.497 e. The molecule has 0 saturated carbocycles. The van der Waals surface area contributed by atoms with Crippen LogP contribution in [-0.2, 0) is 7.05 Å². The Labute approximate surface area is 170 Å². The van der Waals surface area contributed by atoms with Gasteiger partial charge in [0.1, 0.15) is 5.75 Å². The van der Waals surface area contributed by atoms with Crippen molar-refractivity contribution >= 4 is 17.5 Å². The van der Waals surface area contributed by atoms with Crippen LogP contribution in [0.5, 0.6) is 5.75 Å². The van der Waals surface area contributed by atoms with E-state index < -0.39 is 0 Å². The van der Waals surface area contributed by atoms with Gasteiger partial charge < -0.3 is 9.30 Å².